The van der Waals surface area contributed by atoms with Crippen molar-refractivity contribution in [2.24, 2.45) is 0 Å². The van der Waals surface area contributed by atoms with Crippen LogP contribution < -0.4 is 5.32 Å². The predicted molar refractivity (Wildman–Crippen MR) is 101 cm³/mol. The van der Waals surface area contributed by atoms with Crippen LogP contribution in [0.15, 0.2) is 67.1 Å². The Morgan fingerprint density at radius 2 is 1.92 bits per heavy atom. The zero-order valence-electron chi connectivity index (χ0n) is 14.5. The highest BCUT2D eigenvalue weighted by molar-refractivity contribution is 6.02. The second-order valence-electron chi connectivity index (χ2n) is 6.08. The average molecular weight is 345 g/mol. The number of aromatic nitrogens is 4. The molecular formula is C20H19N5O. The Kier molecular flexibility index (Phi) is 4.23. The molecule has 0 spiro atoms. The molecule has 0 aliphatic rings. The number of fused-ring (bicyclic) bond motifs is 1. The number of rotatable bonds is 5. The van der Waals surface area contributed by atoms with Crippen molar-refractivity contribution in [2.75, 3.05) is 5.32 Å². The molecule has 1 N–H and O–H groups in total. The molecule has 6 heteroatoms. The summed E-state index contributed by atoms with van der Waals surface area (Å²) in [6.45, 7) is 3.35. The number of hydrogen-bond donors (Lipinski definition) is 1. The number of aryl methyl sites for hydroxylation is 1. The third kappa shape index (κ3) is 3.21. The quantitative estimate of drug-likeness (QED) is 0.601. The number of benzene rings is 2. The first-order valence-electron chi connectivity index (χ1n) is 8.57. The van der Waals surface area contributed by atoms with Crippen LogP contribution >= 0.6 is 0 Å². The van der Waals surface area contributed by atoms with E-state index in [1.807, 2.05) is 36.0 Å². The molecule has 130 valence electrons. The van der Waals surface area contributed by atoms with Gasteiger partial charge in [0.1, 0.15) is 0 Å². The van der Waals surface area contributed by atoms with Crippen LogP contribution in [0.25, 0.3) is 10.8 Å². The Morgan fingerprint density at radius 1 is 1.08 bits per heavy atom. The number of carbonyl (C=O) groups is 1. The van der Waals surface area contributed by atoms with Crippen LogP contribution in [0.4, 0.5) is 5.69 Å². The van der Waals surface area contributed by atoms with E-state index < -0.39 is 0 Å². The number of carbonyl (C=O) groups excluding carboxylic acids is 1. The summed E-state index contributed by atoms with van der Waals surface area (Å²) in [5.74, 6) is -0.234. The first-order valence-corrected chi connectivity index (χ1v) is 8.57. The van der Waals surface area contributed by atoms with Gasteiger partial charge in [0.2, 0.25) is 0 Å². The van der Waals surface area contributed by atoms with Crippen LogP contribution in [0.5, 0.6) is 0 Å². The maximum absolute atomic E-state index is 12.3. The van der Waals surface area contributed by atoms with E-state index in [0.29, 0.717) is 17.9 Å². The molecule has 0 unspecified atom stereocenters. The van der Waals surface area contributed by atoms with E-state index in [2.05, 4.69) is 39.8 Å². The maximum atomic E-state index is 12.3. The number of amides is 1. The van der Waals surface area contributed by atoms with Crippen molar-refractivity contribution in [3.63, 3.8) is 0 Å². The smallest absolute Gasteiger partial charge is 0.276 e. The van der Waals surface area contributed by atoms with Gasteiger partial charge in [-0.1, -0.05) is 42.5 Å². The third-order valence-electron chi connectivity index (χ3n) is 4.30. The van der Waals surface area contributed by atoms with Crippen molar-refractivity contribution in [2.45, 2.75) is 20.0 Å². The monoisotopic (exact) mass is 345 g/mol. The van der Waals surface area contributed by atoms with Crippen molar-refractivity contribution in [1.29, 1.82) is 0 Å². The normalized spacial score (nSPS) is 11.0. The highest BCUT2D eigenvalue weighted by Crippen LogP contribution is 2.19. The number of hydrogen-bond acceptors (Lipinski definition) is 3. The first-order chi connectivity index (χ1) is 12.7. The Bertz CT molecular complexity index is 1060. The molecule has 0 saturated carbocycles. The van der Waals surface area contributed by atoms with E-state index in [4.69, 9.17) is 0 Å². The number of anilines is 1. The van der Waals surface area contributed by atoms with Crippen LogP contribution in [-0.2, 0) is 13.1 Å². The largest absolute Gasteiger partial charge is 0.318 e. The summed E-state index contributed by atoms with van der Waals surface area (Å²) in [5.41, 5.74) is 2.24. The third-order valence-corrected chi connectivity index (χ3v) is 4.30. The van der Waals surface area contributed by atoms with Gasteiger partial charge in [0.25, 0.3) is 5.91 Å². The van der Waals surface area contributed by atoms with E-state index in [0.717, 1.165) is 6.54 Å². The zero-order chi connectivity index (χ0) is 17.9. The summed E-state index contributed by atoms with van der Waals surface area (Å²) < 4.78 is 3.54. The van der Waals surface area contributed by atoms with Crippen molar-refractivity contribution in [3.8, 4) is 0 Å². The molecule has 6 nitrogen and oxygen atoms in total. The Morgan fingerprint density at radius 3 is 2.77 bits per heavy atom. The summed E-state index contributed by atoms with van der Waals surface area (Å²) in [5, 5.41) is 13.8. The molecule has 2 heterocycles. The highest BCUT2D eigenvalue weighted by Gasteiger charge is 2.11. The molecule has 26 heavy (non-hydrogen) atoms. The molecule has 2 aromatic carbocycles. The summed E-state index contributed by atoms with van der Waals surface area (Å²) >= 11 is 0. The fraction of sp³-hybridized carbons (Fsp3) is 0.150. The molecule has 0 atom stereocenters. The fourth-order valence-electron chi connectivity index (χ4n) is 2.97. The van der Waals surface area contributed by atoms with E-state index in [1.165, 1.54) is 16.3 Å². The average Bonchev–Trinajstić information content (AvgIpc) is 3.31. The summed E-state index contributed by atoms with van der Waals surface area (Å²) in [7, 11) is 0. The van der Waals surface area contributed by atoms with Crippen molar-refractivity contribution >= 4 is 22.4 Å². The van der Waals surface area contributed by atoms with Crippen molar-refractivity contribution < 1.29 is 4.79 Å². The van der Waals surface area contributed by atoms with Gasteiger partial charge in [-0.25, -0.2) is 0 Å². The lowest BCUT2D eigenvalue weighted by Gasteiger charge is -2.06. The van der Waals surface area contributed by atoms with Crippen LogP contribution in [0.3, 0.4) is 0 Å². The molecule has 1 amide bonds. The zero-order valence-corrected chi connectivity index (χ0v) is 14.5. The standard InChI is InChI=1S/C20H19N5O/c1-2-24-11-10-19(23-24)20(26)22-17-12-21-25(14-17)13-16-8-5-7-15-6-3-4-9-18(15)16/h3-12,14H,2,13H2,1H3,(H,22,26). The molecule has 0 aliphatic heterocycles. The maximum Gasteiger partial charge on any atom is 0.276 e. The van der Waals surface area contributed by atoms with Gasteiger partial charge in [-0.2, -0.15) is 10.2 Å². The highest BCUT2D eigenvalue weighted by atomic mass is 16.2. The minimum absolute atomic E-state index is 0.234. The summed E-state index contributed by atoms with van der Waals surface area (Å²) in [6, 6.07) is 16.2. The lowest BCUT2D eigenvalue weighted by Crippen LogP contribution is -2.13. The van der Waals surface area contributed by atoms with Gasteiger partial charge in [0, 0.05) is 18.9 Å². The minimum atomic E-state index is -0.234. The minimum Gasteiger partial charge on any atom is -0.318 e. The van der Waals surface area contributed by atoms with Crippen LogP contribution in [0.2, 0.25) is 0 Å². The van der Waals surface area contributed by atoms with Crippen LogP contribution in [-0.4, -0.2) is 25.5 Å². The predicted octanol–water partition coefficient (Wildman–Crippen LogP) is 3.55. The first kappa shape index (κ1) is 16.1. The van der Waals surface area contributed by atoms with Crippen molar-refractivity contribution in [1.82, 2.24) is 19.6 Å². The second kappa shape index (κ2) is 6.84. The lowest BCUT2D eigenvalue weighted by atomic mass is 10.0. The SMILES string of the molecule is CCn1ccc(C(=O)Nc2cnn(Cc3cccc4ccccc34)c2)n1. The van der Waals surface area contributed by atoms with Gasteiger partial charge in [0.15, 0.2) is 5.69 Å². The molecule has 4 rings (SSSR count). The summed E-state index contributed by atoms with van der Waals surface area (Å²) in [6.07, 6.45) is 5.27. The lowest BCUT2D eigenvalue weighted by molar-refractivity contribution is 0.102. The Labute approximate surface area is 151 Å². The Balaban J connectivity index is 1.50. The molecule has 0 aliphatic carbocycles. The fourth-order valence-corrected chi connectivity index (χ4v) is 2.97. The second-order valence-corrected chi connectivity index (χ2v) is 6.08. The number of nitrogens with one attached hydrogen (secondary N) is 1. The van der Waals surface area contributed by atoms with Crippen LogP contribution in [0.1, 0.15) is 23.0 Å². The van der Waals surface area contributed by atoms with Gasteiger partial charge in [-0.15, -0.1) is 0 Å². The van der Waals surface area contributed by atoms with Gasteiger partial charge >= 0.3 is 0 Å². The summed E-state index contributed by atoms with van der Waals surface area (Å²) in [4.78, 5) is 12.3. The van der Waals surface area contributed by atoms with Gasteiger partial charge in [-0.05, 0) is 29.3 Å². The molecule has 0 fully saturated rings. The Hall–Kier alpha value is -3.41. The van der Waals surface area contributed by atoms with Crippen molar-refractivity contribution in [3.05, 3.63) is 78.4 Å². The number of nitrogens with zero attached hydrogens (tertiary/aromatic N) is 4. The molecule has 0 bridgehead atoms. The topological polar surface area (TPSA) is 64.7 Å². The van der Waals surface area contributed by atoms with Gasteiger partial charge in [-0.3, -0.25) is 14.2 Å². The van der Waals surface area contributed by atoms with E-state index in [-0.39, 0.29) is 5.91 Å². The molecular weight excluding hydrogens is 326 g/mol. The molecule has 4 aromatic rings. The van der Waals surface area contributed by atoms with Gasteiger partial charge < -0.3 is 5.32 Å². The molecule has 0 radical (unpaired) electrons. The molecule has 0 saturated heterocycles. The van der Waals surface area contributed by atoms with E-state index in [1.54, 1.807) is 23.1 Å². The van der Waals surface area contributed by atoms with Crippen LogP contribution in [0, 0.1) is 0 Å². The molecule has 2 aromatic heterocycles. The van der Waals surface area contributed by atoms with Gasteiger partial charge in [0.05, 0.1) is 18.4 Å². The van der Waals surface area contributed by atoms with E-state index >= 15 is 0 Å². The van der Waals surface area contributed by atoms with E-state index in [9.17, 15) is 4.79 Å².